The molecule has 3 N–H and O–H groups in total. The van der Waals surface area contributed by atoms with Crippen LogP contribution in [0.15, 0.2) is 0 Å². The second-order valence-electron chi connectivity index (χ2n) is 4.33. The summed E-state index contributed by atoms with van der Waals surface area (Å²) in [6, 6.07) is -0.784. The van der Waals surface area contributed by atoms with Crippen LogP contribution in [0.2, 0.25) is 0 Å². The van der Waals surface area contributed by atoms with Crippen molar-refractivity contribution >= 4 is 11.9 Å². The smallest absolute Gasteiger partial charge is 0.321 e. The lowest BCUT2D eigenvalue weighted by atomic mass is 10.2. The van der Waals surface area contributed by atoms with E-state index in [0.29, 0.717) is 0 Å². The minimum absolute atomic E-state index is 0.286. The van der Waals surface area contributed by atoms with Gasteiger partial charge in [-0.3, -0.25) is 10.1 Å². The Balaban J connectivity index is 2.05. The number of hydrogen-bond donors (Lipinski definition) is 3. The topological polar surface area (TPSA) is 70.2 Å². The van der Waals surface area contributed by atoms with Crippen LogP contribution in [0.25, 0.3) is 0 Å². The molecule has 1 fully saturated rings. The molecule has 0 radical (unpaired) electrons. The van der Waals surface area contributed by atoms with Gasteiger partial charge in [0.25, 0.3) is 0 Å². The maximum Gasteiger partial charge on any atom is 0.321 e. The van der Waals surface area contributed by atoms with Crippen LogP contribution in [0.4, 0.5) is 4.79 Å². The van der Waals surface area contributed by atoms with Gasteiger partial charge in [-0.1, -0.05) is 12.8 Å². The number of amides is 3. The molecule has 1 atom stereocenters. The van der Waals surface area contributed by atoms with Crippen LogP contribution < -0.4 is 16.0 Å². The predicted octanol–water partition coefficient (Wildman–Crippen LogP) is 0.610. The highest BCUT2D eigenvalue weighted by Crippen LogP contribution is 2.33. The van der Waals surface area contributed by atoms with E-state index >= 15 is 0 Å². The van der Waals surface area contributed by atoms with Gasteiger partial charge in [0.15, 0.2) is 0 Å². The third-order valence-electron chi connectivity index (χ3n) is 2.79. The monoisotopic (exact) mass is 227 g/mol. The van der Waals surface area contributed by atoms with Crippen molar-refractivity contribution in [1.29, 1.82) is 0 Å². The Kier molecular flexibility index (Phi) is 5.25. The van der Waals surface area contributed by atoms with Gasteiger partial charge in [0.2, 0.25) is 5.91 Å². The predicted molar refractivity (Wildman–Crippen MR) is 62.0 cm³/mol. The molecule has 5 nitrogen and oxygen atoms in total. The number of nitrogens with one attached hydrogen (secondary N) is 3. The van der Waals surface area contributed by atoms with Crippen LogP contribution in [-0.2, 0) is 4.79 Å². The first kappa shape index (κ1) is 13.0. The fraction of sp³-hybridized carbons (Fsp3) is 0.818. The number of rotatable bonds is 6. The molecule has 0 aliphatic heterocycles. The molecule has 0 saturated heterocycles. The molecule has 1 saturated carbocycles. The lowest BCUT2D eigenvalue weighted by molar-refractivity contribution is -0.121. The third-order valence-corrected chi connectivity index (χ3v) is 2.79. The average molecular weight is 227 g/mol. The molecule has 16 heavy (non-hydrogen) atoms. The van der Waals surface area contributed by atoms with Gasteiger partial charge in [-0.25, -0.2) is 4.79 Å². The van der Waals surface area contributed by atoms with Crippen molar-refractivity contribution < 1.29 is 9.59 Å². The van der Waals surface area contributed by atoms with Gasteiger partial charge >= 0.3 is 6.03 Å². The van der Waals surface area contributed by atoms with Gasteiger partial charge in [0.1, 0.15) is 0 Å². The Bertz CT molecular complexity index is 252. The van der Waals surface area contributed by atoms with Crippen molar-refractivity contribution in [2.24, 2.45) is 5.92 Å². The van der Waals surface area contributed by atoms with Crippen molar-refractivity contribution in [1.82, 2.24) is 16.0 Å². The summed E-state index contributed by atoms with van der Waals surface area (Å²) in [5.74, 6) is 0.641. The quantitative estimate of drug-likeness (QED) is 0.582. The van der Waals surface area contributed by atoms with E-state index in [1.807, 2.05) is 0 Å². The first-order valence-electron chi connectivity index (χ1n) is 5.89. The standard InChI is InChI=1S/C11H21N3O2/c1-8(10(15)14-11(16)12-2)13-7-3-4-9-5-6-9/h8-9,13H,3-7H2,1-2H3,(H2,12,14,15,16). The van der Waals surface area contributed by atoms with Gasteiger partial charge in [0, 0.05) is 7.05 Å². The minimum atomic E-state index is -0.461. The molecule has 0 aromatic carbocycles. The van der Waals surface area contributed by atoms with Crippen LogP contribution in [-0.4, -0.2) is 31.6 Å². The summed E-state index contributed by atoms with van der Waals surface area (Å²) < 4.78 is 0. The Labute approximate surface area is 96.4 Å². The van der Waals surface area contributed by atoms with Crippen LogP contribution in [0.3, 0.4) is 0 Å². The SMILES string of the molecule is CNC(=O)NC(=O)C(C)NCCCC1CC1. The van der Waals surface area contributed by atoms with Crippen molar-refractivity contribution in [3.05, 3.63) is 0 Å². The van der Waals surface area contributed by atoms with E-state index < -0.39 is 6.03 Å². The fourth-order valence-electron chi connectivity index (χ4n) is 1.49. The molecule has 3 amide bonds. The summed E-state index contributed by atoms with van der Waals surface area (Å²) >= 11 is 0. The van der Waals surface area contributed by atoms with Crippen molar-refractivity contribution in [3.63, 3.8) is 0 Å². The third kappa shape index (κ3) is 5.11. The fourth-order valence-corrected chi connectivity index (χ4v) is 1.49. The van der Waals surface area contributed by atoms with E-state index in [0.717, 1.165) is 18.9 Å². The molecule has 1 rings (SSSR count). The zero-order chi connectivity index (χ0) is 12.0. The summed E-state index contributed by atoms with van der Waals surface area (Å²) in [5, 5.41) is 7.69. The van der Waals surface area contributed by atoms with Crippen LogP contribution in [0.1, 0.15) is 32.6 Å². The molecule has 1 unspecified atom stereocenters. The number of hydrogen-bond acceptors (Lipinski definition) is 3. The molecule has 0 aromatic heterocycles. The molecule has 1 aliphatic rings. The lowest BCUT2D eigenvalue weighted by Gasteiger charge is -2.12. The van der Waals surface area contributed by atoms with E-state index in [4.69, 9.17) is 0 Å². The lowest BCUT2D eigenvalue weighted by Crippen LogP contribution is -2.47. The Morgan fingerprint density at radius 1 is 1.38 bits per heavy atom. The maximum absolute atomic E-state index is 11.4. The van der Waals surface area contributed by atoms with E-state index in [-0.39, 0.29) is 11.9 Å². The Hall–Kier alpha value is -1.10. The van der Waals surface area contributed by atoms with Gasteiger partial charge in [-0.15, -0.1) is 0 Å². The van der Waals surface area contributed by atoms with Crippen LogP contribution in [0, 0.1) is 5.92 Å². The number of imide groups is 1. The second-order valence-corrected chi connectivity index (χ2v) is 4.33. The van der Waals surface area contributed by atoms with Crippen molar-refractivity contribution in [2.75, 3.05) is 13.6 Å². The molecule has 92 valence electrons. The van der Waals surface area contributed by atoms with Gasteiger partial charge in [-0.2, -0.15) is 0 Å². The molecule has 5 heteroatoms. The molecule has 0 spiro atoms. The highest BCUT2D eigenvalue weighted by Gasteiger charge is 2.20. The van der Waals surface area contributed by atoms with E-state index in [1.54, 1.807) is 6.92 Å². The molecule has 0 heterocycles. The first-order valence-corrected chi connectivity index (χ1v) is 5.89. The summed E-state index contributed by atoms with van der Waals surface area (Å²) in [5.41, 5.74) is 0. The normalized spacial score (nSPS) is 16.6. The second kappa shape index (κ2) is 6.48. The molecular formula is C11H21N3O2. The first-order chi connectivity index (χ1) is 7.63. The Morgan fingerprint density at radius 2 is 2.06 bits per heavy atom. The molecule has 0 bridgehead atoms. The minimum Gasteiger partial charge on any atom is -0.341 e. The summed E-state index contributed by atoms with van der Waals surface area (Å²) in [6.45, 7) is 2.59. The van der Waals surface area contributed by atoms with E-state index in [1.165, 1.54) is 26.3 Å². The van der Waals surface area contributed by atoms with Crippen LogP contribution >= 0.6 is 0 Å². The molecule has 0 aromatic rings. The molecule has 1 aliphatic carbocycles. The van der Waals surface area contributed by atoms with E-state index in [9.17, 15) is 9.59 Å². The number of urea groups is 1. The molecular weight excluding hydrogens is 206 g/mol. The zero-order valence-corrected chi connectivity index (χ0v) is 10.0. The Morgan fingerprint density at radius 3 is 2.62 bits per heavy atom. The highest BCUT2D eigenvalue weighted by molar-refractivity contribution is 5.96. The summed E-state index contributed by atoms with van der Waals surface area (Å²) in [7, 11) is 1.48. The van der Waals surface area contributed by atoms with E-state index in [2.05, 4.69) is 16.0 Å². The van der Waals surface area contributed by atoms with Gasteiger partial charge in [0.05, 0.1) is 6.04 Å². The van der Waals surface area contributed by atoms with Crippen molar-refractivity contribution in [3.8, 4) is 0 Å². The van der Waals surface area contributed by atoms with Gasteiger partial charge in [-0.05, 0) is 32.2 Å². The summed E-state index contributed by atoms with van der Waals surface area (Å²) in [4.78, 5) is 22.3. The largest absolute Gasteiger partial charge is 0.341 e. The van der Waals surface area contributed by atoms with Gasteiger partial charge < -0.3 is 10.6 Å². The zero-order valence-electron chi connectivity index (χ0n) is 10.0. The van der Waals surface area contributed by atoms with Crippen LogP contribution in [0.5, 0.6) is 0 Å². The maximum atomic E-state index is 11.4. The summed E-state index contributed by atoms with van der Waals surface area (Å²) in [6.07, 6.45) is 5.08. The van der Waals surface area contributed by atoms with Crippen molar-refractivity contribution in [2.45, 2.75) is 38.6 Å². The average Bonchev–Trinajstić information content (AvgIpc) is 3.07. The number of carbonyl (C=O) groups is 2. The highest BCUT2D eigenvalue weighted by atomic mass is 16.2. The number of carbonyl (C=O) groups excluding carboxylic acids is 2.